The number of aromatic nitrogens is 3. The Morgan fingerprint density at radius 1 is 1.03 bits per heavy atom. The summed E-state index contributed by atoms with van der Waals surface area (Å²) >= 11 is 0. The Hall–Kier alpha value is -3.58. The van der Waals surface area contributed by atoms with E-state index >= 15 is 0 Å². The molecular formula is C26H23F2N3O2. The maximum Gasteiger partial charge on any atom is 0.161 e. The second-order valence-electron chi connectivity index (χ2n) is 8.15. The quantitative estimate of drug-likeness (QED) is 0.306. The van der Waals surface area contributed by atoms with Gasteiger partial charge < -0.3 is 13.9 Å². The van der Waals surface area contributed by atoms with Crippen LogP contribution in [0.2, 0.25) is 0 Å². The molecule has 0 aliphatic carbocycles. The van der Waals surface area contributed by atoms with E-state index < -0.39 is 5.82 Å². The number of ether oxygens (including phenoxy) is 1. The van der Waals surface area contributed by atoms with Crippen LogP contribution in [0, 0.1) is 18.6 Å². The van der Waals surface area contributed by atoms with Gasteiger partial charge in [0.2, 0.25) is 0 Å². The van der Waals surface area contributed by atoms with Crippen LogP contribution in [0.25, 0.3) is 44.2 Å². The Kier molecular flexibility index (Phi) is 5.21. The van der Waals surface area contributed by atoms with Gasteiger partial charge in [0, 0.05) is 42.1 Å². The number of hydrogen-bond donors (Lipinski definition) is 0. The lowest BCUT2D eigenvalue weighted by Crippen LogP contribution is -2.06. The van der Waals surface area contributed by atoms with Crippen molar-refractivity contribution in [3.05, 3.63) is 65.2 Å². The van der Waals surface area contributed by atoms with Crippen molar-refractivity contribution in [2.45, 2.75) is 26.9 Å². The lowest BCUT2D eigenvalue weighted by molar-refractivity contribution is 0.112. The Bertz CT molecular complexity index is 1550. The minimum atomic E-state index is -0.638. The largest absolute Gasteiger partial charge is 0.383 e. The minimum Gasteiger partial charge on any atom is -0.383 e. The molecule has 0 bridgehead atoms. The number of halogens is 2. The Labute approximate surface area is 189 Å². The smallest absolute Gasteiger partial charge is 0.161 e. The van der Waals surface area contributed by atoms with Crippen molar-refractivity contribution in [1.29, 1.82) is 0 Å². The van der Waals surface area contributed by atoms with Crippen LogP contribution in [0.5, 0.6) is 0 Å². The molecule has 2 heterocycles. The van der Waals surface area contributed by atoms with E-state index in [-0.39, 0.29) is 16.9 Å². The highest BCUT2D eigenvalue weighted by molar-refractivity contribution is 6.09. The third-order valence-corrected chi connectivity index (χ3v) is 6.16. The summed E-state index contributed by atoms with van der Waals surface area (Å²) in [6.45, 7) is 5.37. The summed E-state index contributed by atoms with van der Waals surface area (Å²) in [5.74, 6) is -0.321. The Balaban J connectivity index is 1.81. The molecule has 0 amide bonds. The fraction of sp³-hybridized carbons (Fsp3) is 0.231. The summed E-state index contributed by atoms with van der Waals surface area (Å²) < 4.78 is 38.9. The predicted molar refractivity (Wildman–Crippen MR) is 126 cm³/mol. The van der Waals surface area contributed by atoms with E-state index in [9.17, 15) is 13.6 Å². The zero-order valence-electron chi connectivity index (χ0n) is 18.7. The molecule has 0 fully saturated rings. The molecule has 0 aliphatic rings. The van der Waals surface area contributed by atoms with Gasteiger partial charge in [-0.25, -0.2) is 13.8 Å². The summed E-state index contributed by atoms with van der Waals surface area (Å²) in [5, 5.41) is 1.74. The second kappa shape index (κ2) is 8.08. The molecule has 0 aliphatic heterocycles. The van der Waals surface area contributed by atoms with Crippen molar-refractivity contribution in [1.82, 2.24) is 14.1 Å². The van der Waals surface area contributed by atoms with E-state index in [0.29, 0.717) is 42.8 Å². The lowest BCUT2D eigenvalue weighted by atomic mass is 10.1. The number of nitrogens with zero attached hydrogens (tertiary/aromatic N) is 3. The van der Waals surface area contributed by atoms with Gasteiger partial charge in [-0.1, -0.05) is 0 Å². The molecule has 5 rings (SSSR count). The maximum atomic E-state index is 14.9. The van der Waals surface area contributed by atoms with E-state index in [1.54, 1.807) is 19.2 Å². The van der Waals surface area contributed by atoms with Crippen molar-refractivity contribution >= 4 is 39.1 Å². The standard InChI is InChI=1S/C26H23F2N3O2/c1-4-30-21-7-5-16(13-18(21)19-11-15(2)12-20(27)25(19)30)26-29-24-22(31(26)9-10-33-3)8-6-17(14-32)23(24)28/h5-8,11-14H,4,9-10H2,1-3H3. The number of carbonyl (C=O) groups is 1. The molecule has 0 N–H and O–H groups in total. The normalized spacial score (nSPS) is 11.8. The molecule has 0 saturated carbocycles. The summed E-state index contributed by atoms with van der Waals surface area (Å²) in [7, 11) is 1.60. The van der Waals surface area contributed by atoms with Crippen molar-refractivity contribution in [2.24, 2.45) is 0 Å². The fourth-order valence-corrected chi connectivity index (χ4v) is 4.68. The number of imidazole rings is 1. The predicted octanol–water partition coefficient (Wildman–Crippen LogP) is 5.88. The van der Waals surface area contributed by atoms with Gasteiger partial charge in [0.1, 0.15) is 17.2 Å². The second-order valence-corrected chi connectivity index (χ2v) is 8.15. The van der Waals surface area contributed by atoms with Gasteiger partial charge in [-0.05, 0) is 61.9 Å². The van der Waals surface area contributed by atoms with E-state index in [4.69, 9.17) is 4.74 Å². The van der Waals surface area contributed by atoms with Gasteiger partial charge in [-0.15, -0.1) is 0 Å². The number of aryl methyl sites for hydroxylation is 2. The monoisotopic (exact) mass is 447 g/mol. The molecule has 5 aromatic rings. The molecule has 2 aromatic heterocycles. The van der Waals surface area contributed by atoms with Gasteiger partial charge in [0.15, 0.2) is 12.1 Å². The molecule has 5 nitrogen and oxygen atoms in total. The molecule has 0 radical (unpaired) electrons. The first kappa shape index (κ1) is 21.3. The first-order valence-electron chi connectivity index (χ1n) is 10.8. The third-order valence-electron chi connectivity index (χ3n) is 6.16. The maximum absolute atomic E-state index is 14.9. The number of carbonyl (C=O) groups excluding carboxylic acids is 1. The van der Waals surface area contributed by atoms with Gasteiger partial charge in [-0.2, -0.15) is 0 Å². The SMILES string of the molecule is CCn1c2ccc(-c3nc4c(F)c(C=O)ccc4n3CCOC)cc2c2cc(C)cc(F)c21. The summed E-state index contributed by atoms with van der Waals surface area (Å²) in [6, 6.07) is 12.5. The topological polar surface area (TPSA) is 49.0 Å². The number of aldehydes is 1. The van der Waals surface area contributed by atoms with Crippen molar-refractivity contribution in [3.8, 4) is 11.4 Å². The molecule has 0 saturated heterocycles. The Morgan fingerprint density at radius 2 is 1.82 bits per heavy atom. The van der Waals surface area contributed by atoms with Crippen LogP contribution in [-0.2, 0) is 17.8 Å². The zero-order chi connectivity index (χ0) is 23.3. The molecule has 0 spiro atoms. The molecule has 0 unspecified atom stereocenters. The summed E-state index contributed by atoms with van der Waals surface area (Å²) in [6.07, 6.45) is 0.491. The summed E-state index contributed by atoms with van der Waals surface area (Å²) in [5.41, 5.74) is 3.82. The minimum absolute atomic E-state index is 0.0298. The van der Waals surface area contributed by atoms with Crippen LogP contribution in [0.15, 0.2) is 42.5 Å². The first-order chi connectivity index (χ1) is 16.0. The van der Waals surface area contributed by atoms with Crippen LogP contribution >= 0.6 is 0 Å². The molecule has 3 aromatic carbocycles. The number of benzene rings is 3. The lowest BCUT2D eigenvalue weighted by Gasteiger charge is -2.09. The van der Waals surface area contributed by atoms with Crippen molar-refractivity contribution in [3.63, 3.8) is 0 Å². The average Bonchev–Trinajstić information content (AvgIpc) is 3.33. The molecular weight excluding hydrogens is 424 g/mol. The first-order valence-corrected chi connectivity index (χ1v) is 10.8. The highest BCUT2D eigenvalue weighted by Gasteiger charge is 2.20. The van der Waals surface area contributed by atoms with Crippen LogP contribution in [0.1, 0.15) is 22.8 Å². The highest BCUT2D eigenvalue weighted by atomic mass is 19.1. The van der Waals surface area contributed by atoms with Gasteiger partial charge in [0.05, 0.1) is 23.2 Å². The molecule has 168 valence electrons. The van der Waals surface area contributed by atoms with E-state index in [0.717, 1.165) is 27.4 Å². The number of methoxy groups -OCH3 is 1. The summed E-state index contributed by atoms with van der Waals surface area (Å²) in [4.78, 5) is 15.8. The van der Waals surface area contributed by atoms with E-state index in [1.165, 1.54) is 6.07 Å². The number of hydrogen-bond acceptors (Lipinski definition) is 3. The highest BCUT2D eigenvalue weighted by Crippen LogP contribution is 2.35. The van der Waals surface area contributed by atoms with Crippen LogP contribution in [0.3, 0.4) is 0 Å². The van der Waals surface area contributed by atoms with Gasteiger partial charge in [0.25, 0.3) is 0 Å². The van der Waals surface area contributed by atoms with E-state index in [2.05, 4.69) is 4.98 Å². The fourth-order valence-electron chi connectivity index (χ4n) is 4.68. The van der Waals surface area contributed by atoms with E-state index in [1.807, 2.05) is 47.2 Å². The van der Waals surface area contributed by atoms with Crippen molar-refractivity contribution in [2.75, 3.05) is 13.7 Å². The zero-order valence-corrected chi connectivity index (χ0v) is 18.7. The molecule has 33 heavy (non-hydrogen) atoms. The Morgan fingerprint density at radius 3 is 2.55 bits per heavy atom. The van der Waals surface area contributed by atoms with Gasteiger partial charge >= 0.3 is 0 Å². The molecule has 0 atom stereocenters. The van der Waals surface area contributed by atoms with Gasteiger partial charge in [-0.3, -0.25) is 4.79 Å². The molecule has 7 heteroatoms. The average molecular weight is 447 g/mol. The van der Waals surface area contributed by atoms with Crippen LogP contribution in [-0.4, -0.2) is 34.1 Å². The van der Waals surface area contributed by atoms with Crippen molar-refractivity contribution < 1.29 is 18.3 Å². The number of rotatable bonds is 6. The number of fused-ring (bicyclic) bond motifs is 4. The third kappa shape index (κ3) is 3.23. The van der Waals surface area contributed by atoms with Crippen LogP contribution in [0.4, 0.5) is 8.78 Å². The van der Waals surface area contributed by atoms with Crippen LogP contribution < -0.4 is 0 Å².